The zero-order chi connectivity index (χ0) is 12.8. The van der Waals surface area contributed by atoms with E-state index in [1.165, 1.54) is 37.7 Å². The van der Waals surface area contributed by atoms with Crippen LogP contribution < -0.4 is 5.32 Å². The summed E-state index contributed by atoms with van der Waals surface area (Å²) < 4.78 is 10.9. The number of hydrogen-bond acceptors (Lipinski definition) is 3. The first-order valence-corrected chi connectivity index (χ1v) is 7.06. The third kappa shape index (κ3) is 3.36. The van der Waals surface area contributed by atoms with Gasteiger partial charge in [-0.15, -0.1) is 0 Å². The molecular weight excluding hydrogens is 226 g/mol. The smallest absolute Gasteiger partial charge is 0.0935 e. The summed E-state index contributed by atoms with van der Waals surface area (Å²) in [6, 6.07) is 2.41. The topological polar surface area (TPSA) is 34.4 Å². The molecule has 1 aromatic heterocycles. The van der Waals surface area contributed by atoms with E-state index in [2.05, 4.69) is 5.32 Å². The Morgan fingerprint density at radius 3 is 2.72 bits per heavy atom. The molecule has 1 saturated carbocycles. The van der Waals surface area contributed by atoms with Crippen molar-refractivity contribution in [2.24, 2.45) is 5.92 Å². The van der Waals surface area contributed by atoms with Gasteiger partial charge < -0.3 is 14.5 Å². The van der Waals surface area contributed by atoms with Crippen molar-refractivity contribution < 1.29 is 9.15 Å². The van der Waals surface area contributed by atoms with Gasteiger partial charge in [-0.3, -0.25) is 0 Å². The molecule has 3 heteroatoms. The first-order valence-electron chi connectivity index (χ1n) is 7.06. The summed E-state index contributed by atoms with van der Waals surface area (Å²) in [5.74, 6) is 0.702. The minimum absolute atomic E-state index is 0.310. The van der Waals surface area contributed by atoms with E-state index in [1.807, 2.05) is 26.5 Å². The van der Waals surface area contributed by atoms with E-state index in [9.17, 15) is 0 Å². The van der Waals surface area contributed by atoms with Crippen LogP contribution in [-0.2, 0) is 11.2 Å². The number of ether oxygens (including phenoxy) is 1. The number of furan rings is 1. The van der Waals surface area contributed by atoms with Gasteiger partial charge in [0.25, 0.3) is 0 Å². The monoisotopic (exact) mass is 251 g/mol. The average Bonchev–Trinajstić information content (AvgIpc) is 2.92. The third-order valence-corrected chi connectivity index (χ3v) is 4.19. The van der Waals surface area contributed by atoms with Crippen LogP contribution in [0.25, 0.3) is 0 Å². The fourth-order valence-electron chi connectivity index (χ4n) is 3.19. The Kier molecular flexibility index (Phi) is 5.26. The summed E-state index contributed by atoms with van der Waals surface area (Å²) in [4.78, 5) is 0. The molecule has 18 heavy (non-hydrogen) atoms. The number of likely N-dealkylation sites (N-methyl/N-ethyl adjacent to an activating group) is 1. The summed E-state index contributed by atoms with van der Waals surface area (Å²) in [6.45, 7) is 0. The van der Waals surface area contributed by atoms with Crippen LogP contribution in [0.4, 0.5) is 0 Å². The predicted octanol–water partition coefficient (Wildman–Crippen LogP) is 3.01. The van der Waals surface area contributed by atoms with Crippen LogP contribution >= 0.6 is 0 Å². The van der Waals surface area contributed by atoms with Gasteiger partial charge in [0.05, 0.1) is 18.6 Å². The standard InChI is InChI=1S/C15H25NO2/c1-16-14(10-12-8-9-18-11-12)15(17-2)13-6-4-3-5-7-13/h8-9,11,13-16H,3-7,10H2,1-2H3. The van der Waals surface area contributed by atoms with Crippen LogP contribution in [0, 0.1) is 5.92 Å². The first-order chi connectivity index (χ1) is 8.85. The number of methoxy groups -OCH3 is 1. The molecule has 102 valence electrons. The second kappa shape index (κ2) is 6.95. The molecule has 0 aliphatic heterocycles. The number of rotatable bonds is 6. The molecule has 0 bridgehead atoms. The number of hydrogen-bond donors (Lipinski definition) is 1. The lowest BCUT2D eigenvalue weighted by molar-refractivity contribution is 0.0101. The average molecular weight is 251 g/mol. The maximum atomic E-state index is 5.80. The highest BCUT2D eigenvalue weighted by Crippen LogP contribution is 2.30. The van der Waals surface area contributed by atoms with Crippen LogP contribution in [0.2, 0.25) is 0 Å². The van der Waals surface area contributed by atoms with Crippen molar-refractivity contribution in [3.63, 3.8) is 0 Å². The Balaban J connectivity index is 1.98. The van der Waals surface area contributed by atoms with Gasteiger partial charge in [-0.2, -0.15) is 0 Å². The van der Waals surface area contributed by atoms with Crippen molar-refractivity contribution in [3.05, 3.63) is 24.2 Å². The summed E-state index contributed by atoms with van der Waals surface area (Å²) in [5, 5.41) is 3.42. The third-order valence-electron chi connectivity index (χ3n) is 4.19. The zero-order valence-electron chi connectivity index (χ0n) is 11.5. The van der Waals surface area contributed by atoms with E-state index in [1.54, 1.807) is 6.26 Å². The first kappa shape index (κ1) is 13.6. The summed E-state index contributed by atoms with van der Waals surface area (Å²) in [6.07, 6.45) is 11.6. The Morgan fingerprint density at radius 2 is 2.17 bits per heavy atom. The van der Waals surface area contributed by atoms with Crippen molar-refractivity contribution in [1.29, 1.82) is 0 Å². The van der Waals surface area contributed by atoms with Gasteiger partial charge in [-0.25, -0.2) is 0 Å². The molecule has 1 heterocycles. The predicted molar refractivity (Wildman–Crippen MR) is 72.6 cm³/mol. The Bertz CT molecular complexity index is 317. The minimum atomic E-state index is 0.310. The molecular formula is C15H25NO2. The summed E-state index contributed by atoms with van der Waals surface area (Å²) >= 11 is 0. The molecule has 0 amide bonds. The van der Waals surface area contributed by atoms with Crippen LogP contribution in [0.3, 0.4) is 0 Å². The van der Waals surface area contributed by atoms with Crippen molar-refractivity contribution in [2.75, 3.05) is 14.2 Å². The van der Waals surface area contributed by atoms with Crippen molar-refractivity contribution in [2.45, 2.75) is 50.7 Å². The maximum Gasteiger partial charge on any atom is 0.0935 e. The van der Waals surface area contributed by atoms with E-state index in [-0.39, 0.29) is 0 Å². The van der Waals surface area contributed by atoms with Crippen molar-refractivity contribution >= 4 is 0 Å². The van der Waals surface area contributed by atoms with Gasteiger partial charge in [0, 0.05) is 13.2 Å². The lowest BCUT2D eigenvalue weighted by Crippen LogP contribution is -2.45. The van der Waals surface area contributed by atoms with Gasteiger partial charge in [-0.1, -0.05) is 19.3 Å². The fraction of sp³-hybridized carbons (Fsp3) is 0.733. The molecule has 1 aliphatic carbocycles. The Morgan fingerprint density at radius 1 is 1.39 bits per heavy atom. The second-order valence-corrected chi connectivity index (χ2v) is 5.33. The molecule has 0 spiro atoms. The molecule has 2 unspecified atom stereocenters. The van der Waals surface area contributed by atoms with Gasteiger partial charge in [0.2, 0.25) is 0 Å². The van der Waals surface area contributed by atoms with Crippen molar-refractivity contribution in [3.8, 4) is 0 Å². The molecule has 1 aliphatic rings. The molecule has 0 saturated heterocycles. The highest BCUT2D eigenvalue weighted by Gasteiger charge is 2.29. The van der Waals surface area contributed by atoms with Gasteiger partial charge in [-0.05, 0) is 43.9 Å². The van der Waals surface area contributed by atoms with Crippen LogP contribution in [0.15, 0.2) is 23.0 Å². The molecule has 3 nitrogen and oxygen atoms in total. The van der Waals surface area contributed by atoms with Crippen LogP contribution in [-0.4, -0.2) is 26.3 Å². The zero-order valence-corrected chi connectivity index (χ0v) is 11.5. The largest absolute Gasteiger partial charge is 0.472 e. The van der Waals surface area contributed by atoms with Crippen LogP contribution in [0.5, 0.6) is 0 Å². The molecule has 2 rings (SSSR count). The van der Waals surface area contributed by atoms with Crippen LogP contribution in [0.1, 0.15) is 37.7 Å². The molecule has 2 atom stereocenters. The van der Waals surface area contributed by atoms with E-state index in [0.717, 1.165) is 6.42 Å². The SMILES string of the molecule is CNC(Cc1ccoc1)C(OC)C1CCCCC1. The Hall–Kier alpha value is -0.800. The summed E-state index contributed by atoms with van der Waals surface area (Å²) in [5.41, 5.74) is 1.24. The van der Waals surface area contributed by atoms with E-state index in [0.29, 0.717) is 18.1 Å². The molecule has 0 aromatic carbocycles. The fourth-order valence-corrected chi connectivity index (χ4v) is 3.19. The lowest BCUT2D eigenvalue weighted by Gasteiger charge is -2.34. The normalized spacial score (nSPS) is 20.8. The van der Waals surface area contributed by atoms with Gasteiger partial charge >= 0.3 is 0 Å². The van der Waals surface area contributed by atoms with E-state index >= 15 is 0 Å². The van der Waals surface area contributed by atoms with Gasteiger partial charge in [0.15, 0.2) is 0 Å². The van der Waals surface area contributed by atoms with E-state index in [4.69, 9.17) is 9.15 Å². The van der Waals surface area contributed by atoms with Gasteiger partial charge in [0.1, 0.15) is 0 Å². The second-order valence-electron chi connectivity index (χ2n) is 5.33. The molecule has 1 aromatic rings. The molecule has 1 fully saturated rings. The Labute approximate surface area is 110 Å². The molecule has 1 N–H and O–H groups in total. The quantitative estimate of drug-likeness (QED) is 0.844. The minimum Gasteiger partial charge on any atom is -0.472 e. The highest BCUT2D eigenvalue weighted by atomic mass is 16.5. The lowest BCUT2D eigenvalue weighted by atomic mass is 9.81. The highest BCUT2D eigenvalue weighted by molar-refractivity contribution is 5.08. The maximum absolute atomic E-state index is 5.80. The molecule has 0 radical (unpaired) electrons. The van der Waals surface area contributed by atoms with Crippen molar-refractivity contribution in [1.82, 2.24) is 5.32 Å². The number of nitrogens with one attached hydrogen (secondary N) is 1. The summed E-state index contributed by atoms with van der Waals surface area (Å²) in [7, 11) is 3.87. The van der Waals surface area contributed by atoms with E-state index < -0.39 is 0 Å².